The molecule has 2 saturated carbocycles. The van der Waals surface area contributed by atoms with E-state index in [9.17, 15) is 0 Å². The zero-order chi connectivity index (χ0) is 16.5. The Balaban J connectivity index is 1.35. The number of fused-ring (bicyclic) bond motifs is 2. The molecule has 1 aromatic rings. The molecule has 24 heavy (non-hydrogen) atoms. The molecule has 4 heteroatoms. The highest BCUT2D eigenvalue weighted by Crippen LogP contribution is 2.39. The van der Waals surface area contributed by atoms with Crippen LogP contribution in [0.1, 0.15) is 50.6 Å². The molecule has 2 aliphatic carbocycles. The third-order valence-electron chi connectivity index (χ3n) is 6.11. The Morgan fingerprint density at radius 3 is 2.38 bits per heavy atom. The molecule has 3 aliphatic rings. The number of likely N-dealkylation sites (tertiary alicyclic amines) is 1. The van der Waals surface area contributed by atoms with E-state index in [1.807, 2.05) is 0 Å². The van der Waals surface area contributed by atoms with Crippen LogP contribution >= 0.6 is 12.2 Å². The van der Waals surface area contributed by atoms with E-state index in [1.165, 1.54) is 50.8 Å². The first-order valence-corrected chi connectivity index (χ1v) is 9.97. The lowest BCUT2D eigenvalue weighted by Crippen LogP contribution is -2.59. The minimum atomic E-state index is 0.248. The van der Waals surface area contributed by atoms with Crippen molar-refractivity contribution in [2.24, 2.45) is 11.8 Å². The predicted molar refractivity (Wildman–Crippen MR) is 103 cm³/mol. The molecule has 130 valence electrons. The first kappa shape index (κ1) is 16.3. The van der Waals surface area contributed by atoms with Crippen molar-refractivity contribution in [3.8, 4) is 0 Å². The van der Waals surface area contributed by atoms with Gasteiger partial charge in [-0.1, -0.05) is 36.8 Å². The Bertz CT molecular complexity index is 558. The van der Waals surface area contributed by atoms with Crippen molar-refractivity contribution in [3.05, 3.63) is 35.9 Å². The van der Waals surface area contributed by atoms with Crippen LogP contribution in [0, 0.1) is 11.8 Å². The summed E-state index contributed by atoms with van der Waals surface area (Å²) in [6.07, 6.45) is 6.95. The molecule has 0 amide bonds. The summed E-state index contributed by atoms with van der Waals surface area (Å²) in [5.74, 6) is 1.54. The zero-order valence-electron chi connectivity index (χ0n) is 14.6. The minimum Gasteiger partial charge on any atom is -0.359 e. The number of hydrogen-bond donors (Lipinski definition) is 2. The molecule has 0 spiro atoms. The van der Waals surface area contributed by atoms with Gasteiger partial charge in [0, 0.05) is 25.2 Å². The molecule has 1 heterocycles. The van der Waals surface area contributed by atoms with Crippen molar-refractivity contribution in [1.29, 1.82) is 0 Å². The van der Waals surface area contributed by atoms with E-state index in [0.717, 1.165) is 23.0 Å². The lowest BCUT2D eigenvalue weighted by atomic mass is 9.73. The van der Waals surface area contributed by atoms with Crippen molar-refractivity contribution in [2.45, 2.75) is 57.2 Å². The van der Waals surface area contributed by atoms with Crippen molar-refractivity contribution in [3.63, 3.8) is 0 Å². The Morgan fingerprint density at radius 1 is 1.08 bits per heavy atom. The van der Waals surface area contributed by atoms with Crippen molar-refractivity contribution in [1.82, 2.24) is 15.5 Å². The molecule has 3 unspecified atom stereocenters. The molecule has 3 fully saturated rings. The van der Waals surface area contributed by atoms with E-state index in [0.29, 0.717) is 6.04 Å². The second-order valence-corrected chi connectivity index (χ2v) is 8.32. The van der Waals surface area contributed by atoms with Crippen LogP contribution in [-0.4, -0.2) is 35.2 Å². The Kier molecular flexibility index (Phi) is 4.77. The van der Waals surface area contributed by atoms with Crippen LogP contribution in [0.5, 0.6) is 0 Å². The lowest BCUT2D eigenvalue weighted by Gasteiger charge is -2.48. The van der Waals surface area contributed by atoms with E-state index in [2.05, 4.69) is 52.8 Å². The van der Waals surface area contributed by atoms with Gasteiger partial charge in [0.05, 0.1) is 6.04 Å². The number of piperidine rings is 1. The molecule has 1 aromatic carbocycles. The number of rotatable bonds is 4. The standard InChI is InChI=1S/C20H29N3S/c1-14(15-6-3-2-4-7-15)21-20(24)22-19-16-8-5-9-17(19)13-23(12-16)18-10-11-18/h2-4,6-7,14,16-19H,5,8-13H2,1H3,(H2,21,22,24). The van der Waals surface area contributed by atoms with Crippen LogP contribution in [-0.2, 0) is 0 Å². The van der Waals surface area contributed by atoms with E-state index in [4.69, 9.17) is 12.2 Å². The topological polar surface area (TPSA) is 27.3 Å². The SMILES string of the molecule is CC(NC(=S)NC1C2CCCC1CN(C1CC1)C2)c1ccccc1. The number of benzene rings is 1. The molecule has 4 rings (SSSR count). The summed E-state index contributed by atoms with van der Waals surface area (Å²) in [6, 6.07) is 12.3. The zero-order valence-corrected chi connectivity index (χ0v) is 15.4. The summed E-state index contributed by atoms with van der Waals surface area (Å²) in [6.45, 7) is 4.73. The Morgan fingerprint density at radius 2 is 1.75 bits per heavy atom. The van der Waals surface area contributed by atoms with Crippen LogP contribution in [0.3, 0.4) is 0 Å². The van der Waals surface area contributed by atoms with Crippen molar-refractivity contribution in [2.75, 3.05) is 13.1 Å². The Hall–Kier alpha value is -1.13. The molecule has 1 aliphatic heterocycles. The maximum atomic E-state index is 5.65. The monoisotopic (exact) mass is 343 g/mol. The third-order valence-corrected chi connectivity index (χ3v) is 6.35. The molecule has 3 nitrogen and oxygen atoms in total. The predicted octanol–water partition coefficient (Wildman–Crippen LogP) is 3.47. The molecule has 0 aromatic heterocycles. The molecule has 1 saturated heterocycles. The molecular formula is C20H29N3S. The smallest absolute Gasteiger partial charge is 0.167 e. The van der Waals surface area contributed by atoms with Crippen LogP contribution in [0.4, 0.5) is 0 Å². The van der Waals surface area contributed by atoms with E-state index < -0.39 is 0 Å². The first-order chi connectivity index (χ1) is 11.7. The van der Waals surface area contributed by atoms with Gasteiger partial charge in [0.1, 0.15) is 0 Å². The first-order valence-electron chi connectivity index (χ1n) is 9.56. The second-order valence-electron chi connectivity index (χ2n) is 7.91. The van der Waals surface area contributed by atoms with Crippen LogP contribution < -0.4 is 10.6 Å². The van der Waals surface area contributed by atoms with Gasteiger partial charge < -0.3 is 10.6 Å². The fourth-order valence-corrected chi connectivity index (χ4v) is 4.97. The molecule has 2 bridgehead atoms. The van der Waals surface area contributed by atoms with Gasteiger partial charge in [0.25, 0.3) is 0 Å². The molecule has 0 radical (unpaired) electrons. The van der Waals surface area contributed by atoms with Crippen molar-refractivity contribution < 1.29 is 0 Å². The van der Waals surface area contributed by atoms with Gasteiger partial charge in [0.2, 0.25) is 0 Å². The van der Waals surface area contributed by atoms with Gasteiger partial charge in [-0.2, -0.15) is 0 Å². The van der Waals surface area contributed by atoms with Gasteiger partial charge in [-0.15, -0.1) is 0 Å². The highest BCUT2D eigenvalue weighted by Gasteiger charge is 2.43. The van der Waals surface area contributed by atoms with E-state index >= 15 is 0 Å². The number of hydrogen-bond acceptors (Lipinski definition) is 2. The average molecular weight is 344 g/mol. The van der Waals surface area contributed by atoms with Gasteiger partial charge in [-0.3, -0.25) is 4.90 Å². The number of nitrogens with one attached hydrogen (secondary N) is 2. The Labute approximate surface area is 151 Å². The normalized spacial score (nSPS) is 31.3. The highest BCUT2D eigenvalue weighted by atomic mass is 32.1. The number of thiocarbonyl (C=S) groups is 1. The van der Waals surface area contributed by atoms with Crippen LogP contribution in [0.15, 0.2) is 30.3 Å². The van der Waals surface area contributed by atoms with Crippen molar-refractivity contribution >= 4 is 17.3 Å². The number of nitrogens with zero attached hydrogens (tertiary/aromatic N) is 1. The molecular weight excluding hydrogens is 314 g/mol. The summed E-state index contributed by atoms with van der Waals surface area (Å²) < 4.78 is 0. The van der Waals surface area contributed by atoms with E-state index in [1.54, 1.807) is 0 Å². The maximum Gasteiger partial charge on any atom is 0.167 e. The largest absolute Gasteiger partial charge is 0.359 e. The van der Waals surface area contributed by atoms with Crippen LogP contribution in [0.2, 0.25) is 0 Å². The van der Waals surface area contributed by atoms with E-state index in [-0.39, 0.29) is 6.04 Å². The summed E-state index contributed by atoms with van der Waals surface area (Å²) in [4.78, 5) is 2.76. The molecule has 2 N–H and O–H groups in total. The van der Waals surface area contributed by atoms with Gasteiger partial charge in [-0.05, 0) is 62.2 Å². The summed E-state index contributed by atoms with van der Waals surface area (Å²) in [5.41, 5.74) is 1.28. The second kappa shape index (κ2) is 7.01. The average Bonchev–Trinajstić information content (AvgIpc) is 3.40. The third kappa shape index (κ3) is 3.60. The summed E-state index contributed by atoms with van der Waals surface area (Å²) >= 11 is 5.65. The fourth-order valence-electron chi connectivity index (χ4n) is 4.66. The van der Waals surface area contributed by atoms with Crippen LogP contribution in [0.25, 0.3) is 0 Å². The van der Waals surface area contributed by atoms with Gasteiger partial charge in [0.15, 0.2) is 5.11 Å². The molecule has 3 atom stereocenters. The maximum absolute atomic E-state index is 5.65. The summed E-state index contributed by atoms with van der Waals surface area (Å²) in [7, 11) is 0. The summed E-state index contributed by atoms with van der Waals surface area (Å²) in [5, 5.41) is 8.01. The highest BCUT2D eigenvalue weighted by molar-refractivity contribution is 7.80. The van der Waals surface area contributed by atoms with Gasteiger partial charge >= 0.3 is 0 Å². The minimum absolute atomic E-state index is 0.248. The fraction of sp³-hybridized carbons (Fsp3) is 0.650. The quantitative estimate of drug-likeness (QED) is 0.819. The van der Waals surface area contributed by atoms with Gasteiger partial charge in [-0.25, -0.2) is 0 Å². The lowest BCUT2D eigenvalue weighted by molar-refractivity contribution is 0.0501.